The number of rotatable bonds is 5. The lowest BCUT2D eigenvalue weighted by Gasteiger charge is -2.49. The predicted molar refractivity (Wildman–Crippen MR) is 91.4 cm³/mol. The summed E-state index contributed by atoms with van der Waals surface area (Å²) in [6.07, 6.45) is 1.97. The van der Waals surface area contributed by atoms with Crippen molar-refractivity contribution in [1.82, 2.24) is 14.5 Å². The van der Waals surface area contributed by atoms with Crippen LogP contribution in [0.2, 0.25) is 0 Å². The molecular formula is C15H25N3O3S2. The Kier molecular flexibility index (Phi) is 5.39. The molecule has 0 aromatic carbocycles. The molecule has 0 bridgehead atoms. The van der Waals surface area contributed by atoms with Gasteiger partial charge in [0.15, 0.2) is 0 Å². The van der Waals surface area contributed by atoms with Gasteiger partial charge in [0.05, 0.1) is 13.2 Å². The van der Waals surface area contributed by atoms with E-state index in [-0.39, 0.29) is 5.54 Å². The van der Waals surface area contributed by atoms with Gasteiger partial charge < -0.3 is 9.64 Å². The first-order valence-corrected chi connectivity index (χ1v) is 10.4. The largest absolute Gasteiger partial charge is 0.379 e. The maximum absolute atomic E-state index is 12.5. The van der Waals surface area contributed by atoms with Crippen LogP contribution >= 0.6 is 11.3 Å². The third-order valence-electron chi connectivity index (χ3n) is 4.95. The highest BCUT2D eigenvalue weighted by Crippen LogP contribution is 2.29. The van der Waals surface area contributed by atoms with Crippen molar-refractivity contribution in [3.8, 4) is 0 Å². The highest BCUT2D eigenvalue weighted by atomic mass is 32.2. The van der Waals surface area contributed by atoms with Crippen LogP contribution in [0.1, 0.15) is 12.8 Å². The van der Waals surface area contributed by atoms with E-state index in [1.54, 1.807) is 17.5 Å². The molecule has 1 N–H and O–H groups in total. The molecule has 3 heterocycles. The molecular weight excluding hydrogens is 334 g/mol. The van der Waals surface area contributed by atoms with E-state index in [1.165, 1.54) is 11.3 Å². The molecule has 2 fully saturated rings. The van der Waals surface area contributed by atoms with E-state index in [0.717, 1.165) is 52.2 Å². The number of likely N-dealkylation sites (tertiary alicyclic amines) is 1. The van der Waals surface area contributed by atoms with Crippen molar-refractivity contribution in [3.05, 3.63) is 17.5 Å². The second-order valence-corrected chi connectivity index (χ2v) is 9.33. The smallest absolute Gasteiger partial charge is 0.250 e. The molecule has 130 valence electrons. The van der Waals surface area contributed by atoms with Gasteiger partial charge in [0, 0.05) is 25.2 Å². The number of nitrogens with zero attached hydrogens (tertiary/aromatic N) is 2. The Labute approximate surface area is 142 Å². The fraction of sp³-hybridized carbons (Fsp3) is 0.733. The van der Waals surface area contributed by atoms with Crippen molar-refractivity contribution in [2.24, 2.45) is 0 Å². The number of sulfonamides is 1. The van der Waals surface area contributed by atoms with Gasteiger partial charge in [0.25, 0.3) is 0 Å². The summed E-state index contributed by atoms with van der Waals surface area (Å²) in [5.74, 6) is 0. The maximum Gasteiger partial charge on any atom is 0.250 e. The third kappa shape index (κ3) is 3.94. The topological polar surface area (TPSA) is 61.9 Å². The molecule has 2 aliphatic heterocycles. The van der Waals surface area contributed by atoms with Crippen LogP contribution < -0.4 is 4.72 Å². The summed E-state index contributed by atoms with van der Waals surface area (Å²) in [4.78, 5) is 4.74. The number of ether oxygens (including phenoxy) is 1. The van der Waals surface area contributed by atoms with Crippen molar-refractivity contribution in [1.29, 1.82) is 0 Å². The van der Waals surface area contributed by atoms with E-state index in [4.69, 9.17) is 4.74 Å². The minimum absolute atomic E-state index is 0.0966. The molecule has 8 heteroatoms. The first kappa shape index (κ1) is 17.3. The van der Waals surface area contributed by atoms with Gasteiger partial charge >= 0.3 is 0 Å². The third-order valence-corrected chi connectivity index (χ3v) is 7.75. The normalized spacial score (nSPS) is 23.9. The maximum atomic E-state index is 12.5. The first-order valence-electron chi connectivity index (χ1n) is 8.06. The number of morpholine rings is 1. The molecule has 1 aromatic rings. The summed E-state index contributed by atoms with van der Waals surface area (Å²) < 4.78 is 33.7. The fourth-order valence-electron chi connectivity index (χ4n) is 3.39. The van der Waals surface area contributed by atoms with Gasteiger partial charge in [-0.2, -0.15) is 0 Å². The molecule has 0 amide bonds. The van der Waals surface area contributed by atoms with Crippen LogP contribution in [-0.4, -0.2) is 76.7 Å². The number of thiophene rings is 1. The van der Waals surface area contributed by atoms with E-state index in [9.17, 15) is 8.42 Å². The SMILES string of the molecule is CN1CCC(CNS(=O)(=O)c2cccs2)(N2CCOCC2)CC1. The molecule has 0 radical (unpaired) electrons. The van der Waals surface area contributed by atoms with E-state index in [1.807, 2.05) is 0 Å². The molecule has 23 heavy (non-hydrogen) atoms. The standard InChI is InChI=1S/C15H25N3O3S2/c1-17-6-4-15(5-7-17,18-8-10-21-11-9-18)13-16-23(19,20)14-3-2-12-22-14/h2-3,12,16H,4-11,13H2,1H3. The van der Waals surface area contributed by atoms with Gasteiger partial charge in [-0.25, -0.2) is 13.1 Å². The summed E-state index contributed by atoms with van der Waals surface area (Å²) in [6.45, 7) is 5.69. The van der Waals surface area contributed by atoms with Gasteiger partial charge in [0.2, 0.25) is 10.0 Å². The minimum Gasteiger partial charge on any atom is -0.379 e. The van der Waals surface area contributed by atoms with Gasteiger partial charge in [-0.1, -0.05) is 6.07 Å². The van der Waals surface area contributed by atoms with Gasteiger partial charge in [0.1, 0.15) is 4.21 Å². The highest BCUT2D eigenvalue weighted by molar-refractivity contribution is 7.91. The van der Waals surface area contributed by atoms with Crippen molar-refractivity contribution in [3.63, 3.8) is 0 Å². The lowest BCUT2D eigenvalue weighted by molar-refractivity contribution is -0.0427. The van der Waals surface area contributed by atoms with E-state index in [0.29, 0.717) is 10.8 Å². The van der Waals surface area contributed by atoms with Crippen LogP contribution in [0.25, 0.3) is 0 Å². The zero-order valence-corrected chi connectivity index (χ0v) is 15.2. The van der Waals surface area contributed by atoms with Crippen LogP contribution in [0.5, 0.6) is 0 Å². The number of hydrogen-bond acceptors (Lipinski definition) is 6. The molecule has 6 nitrogen and oxygen atoms in total. The van der Waals surface area contributed by atoms with Crippen molar-refractivity contribution < 1.29 is 13.2 Å². The molecule has 0 atom stereocenters. The average molecular weight is 360 g/mol. The molecule has 0 spiro atoms. The molecule has 0 aliphatic carbocycles. The van der Waals surface area contributed by atoms with E-state index >= 15 is 0 Å². The summed E-state index contributed by atoms with van der Waals surface area (Å²) in [5, 5.41) is 1.79. The minimum atomic E-state index is -3.41. The Morgan fingerprint density at radius 3 is 2.57 bits per heavy atom. The number of nitrogens with one attached hydrogen (secondary N) is 1. The van der Waals surface area contributed by atoms with Crippen molar-refractivity contribution in [2.75, 3.05) is 53.0 Å². The zero-order valence-electron chi connectivity index (χ0n) is 13.5. The Bertz CT molecular complexity index is 589. The molecule has 2 aliphatic rings. The first-order chi connectivity index (χ1) is 11.0. The zero-order chi connectivity index (χ0) is 16.3. The van der Waals surface area contributed by atoms with E-state index in [2.05, 4.69) is 21.6 Å². The monoisotopic (exact) mass is 359 g/mol. The van der Waals surface area contributed by atoms with Crippen molar-refractivity contribution >= 4 is 21.4 Å². The van der Waals surface area contributed by atoms with Crippen LogP contribution in [-0.2, 0) is 14.8 Å². The molecule has 0 saturated carbocycles. The quantitative estimate of drug-likeness (QED) is 0.844. The Morgan fingerprint density at radius 1 is 1.26 bits per heavy atom. The van der Waals surface area contributed by atoms with Crippen LogP contribution in [0.15, 0.2) is 21.7 Å². The summed E-state index contributed by atoms with van der Waals surface area (Å²) in [7, 11) is -1.29. The second-order valence-electron chi connectivity index (χ2n) is 6.38. The molecule has 0 unspecified atom stereocenters. The lowest BCUT2D eigenvalue weighted by Crippen LogP contribution is -2.62. The average Bonchev–Trinajstić information content (AvgIpc) is 3.11. The predicted octanol–water partition coefficient (Wildman–Crippen LogP) is 0.823. The number of hydrogen-bond donors (Lipinski definition) is 1. The van der Waals surface area contributed by atoms with Crippen molar-refractivity contribution in [2.45, 2.75) is 22.6 Å². The van der Waals surface area contributed by atoms with Gasteiger partial charge in [-0.3, -0.25) is 4.90 Å². The summed E-state index contributed by atoms with van der Waals surface area (Å²) in [5.41, 5.74) is -0.0966. The van der Waals surface area contributed by atoms with E-state index < -0.39 is 10.0 Å². The summed E-state index contributed by atoms with van der Waals surface area (Å²) in [6, 6.07) is 3.43. The Hall–Kier alpha value is -0.510. The Morgan fingerprint density at radius 2 is 1.96 bits per heavy atom. The van der Waals surface area contributed by atoms with Crippen LogP contribution in [0.3, 0.4) is 0 Å². The Balaban J connectivity index is 1.73. The number of piperidine rings is 1. The lowest BCUT2D eigenvalue weighted by atomic mass is 9.85. The fourth-order valence-corrected chi connectivity index (χ4v) is 5.55. The molecule has 1 aromatic heterocycles. The van der Waals surface area contributed by atoms with Gasteiger partial charge in [-0.15, -0.1) is 11.3 Å². The van der Waals surface area contributed by atoms with Crippen LogP contribution in [0, 0.1) is 0 Å². The van der Waals surface area contributed by atoms with Crippen LogP contribution in [0.4, 0.5) is 0 Å². The second kappa shape index (κ2) is 7.16. The summed E-state index contributed by atoms with van der Waals surface area (Å²) >= 11 is 1.26. The molecule has 2 saturated heterocycles. The highest BCUT2D eigenvalue weighted by Gasteiger charge is 2.40. The molecule has 3 rings (SSSR count). The van der Waals surface area contributed by atoms with Gasteiger partial charge in [-0.05, 0) is 44.4 Å².